The Morgan fingerprint density at radius 3 is 2.76 bits per heavy atom. The monoisotopic (exact) mass is 341 g/mol. The van der Waals surface area contributed by atoms with Gasteiger partial charge in [-0.2, -0.15) is 5.10 Å². The highest BCUT2D eigenvalue weighted by molar-refractivity contribution is 6.35. The minimum Gasteiger partial charge on any atom is -0.507 e. The fourth-order valence-corrected chi connectivity index (χ4v) is 2.12. The van der Waals surface area contributed by atoms with Crippen molar-refractivity contribution in [2.45, 2.75) is 6.54 Å². The molecule has 0 saturated carbocycles. The van der Waals surface area contributed by atoms with Crippen LogP contribution in [0.1, 0.15) is 11.1 Å². The van der Waals surface area contributed by atoms with E-state index in [1.54, 1.807) is 36.4 Å². The number of nitrogens with zero attached hydrogens (tertiary/aromatic N) is 1. The number of para-hydroxylation sites is 1. The summed E-state index contributed by atoms with van der Waals surface area (Å²) in [7, 11) is 0. The minimum absolute atomic E-state index is 0.0211. The lowest BCUT2D eigenvalue weighted by Crippen LogP contribution is -2.37. The molecule has 1 aliphatic heterocycles. The van der Waals surface area contributed by atoms with Crippen LogP contribution in [-0.4, -0.2) is 29.9 Å². The van der Waals surface area contributed by atoms with Gasteiger partial charge in [0.15, 0.2) is 11.5 Å². The van der Waals surface area contributed by atoms with E-state index in [-0.39, 0.29) is 19.1 Å². The molecule has 1 aliphatic rings. The average molecular weight is 341 g/mol. The molecule has 2 aromatic rings. The van der Waals surface area contributed by atoms with E-state index < -0.39 is 11.8 Å². The minimum atomic E-state index is -0.910. The van der Waals surface area contributed by atoms with E-state index in [0.29, 0.717) is 17.1 Å². The van der Waals surface area contributed by atoms with Gasteiger partial charge in [0, 0.05) is 12.1 Å². The summed E-state index contributed by atoms with van der Waals surface area (Å²) >= 11 is 0. The molecule has 0 aromatic heterocycles. The predicted octanol–water partition coefficient (Wildman–Crippen LogP) is 0.887. The van der Waals surface area contributed by atoms with Crippen LogP contribution in [0.2, 0.25) is 0 Å². The third-order valence-electron chi connectivity index (χ3n) is 3.40. The second kappa shape index (κ2) is 7.35. The van der Waals surface area contributed by atoms with E-state index >= 15 is 0 Å². The van der Waals surface area contributed by atoms with Crippen molar-refractivity contribution in [1.82, 2.24) is 10.7 Å². The van der Waals surface area contributed by atoms with Gasteiger partial charge in [-0.25, -0.2) is 5.43 Å². The maximum atomic E-state index is 11.8. The van der Waals surface area contributed by atoms with Crippen LogP contribution < -0.4 is 20.2 Å². The van der Waals surface area contributed by atoms with E-state index in [0.717, 1.165) is 5.56 Å². The number of nitrogens with one attached hydrogen (secondary N) is 2. The number of rotatable bonds is 4. The van der Waals surface area contributed by atoms with Gasteiger partial charge in [0.25, 0.3) is 0 Å². The highest BCUT2D eigenvalue weighted by atomic mass is 16.7. The van der Waals surface area contributed by atoms with Crippen molar-refractivity contribution < 1.29 is 24.2 Å². The first-order valence-electron chi connectivity index (χ1n) is 7.41. The molecule has 0 atom stereocenters. The van der Waals surface area contributed by atoms with Gasteiger partial charge in [0.05, 0.1) is 6.21 Å². The van der Waals surface area contributed by atoms with E-state index in [4.69, 9.17) is 9.47 Å². The number of amides is 2. The Hall–Kier alpha value is -3.55. The summed E-state index contributed by atoms with van der Waals surface area (Å²) in [5.74, 6) is -0.470. The molecule has 0 spiro atoms. The van der Waals surface area contributed by atoms with Crippen molar-refractivity contribution in [2.24, 2.45) is 5.10 Å². The van der Waals surface area contributed by atoms with Crippen LogP contribution in [0.15, 0.2) is 47.6 Å². The second-order valence-corrected chi connectivity index (χ2v) is 5.13. The molecule has 25 heavy (non-hydrogen) atoms. The number of benzene rings is 2. The molecule has 0 saturated heterocycles. The van der Waals surface area contributed by atoms with Gasteiger partial charge in [0.1, 0.15) is 5.75 Å². The van der Waals surface area contributed by atoms with E-state index in [1.807, 2.05) is 0 Å². The Bertz CT molecular complexity index is 835. The third-order valence-corrected chi connectivity index (χ3v) is 3.40. The standard InChI is InChI=1S/C17H15N3O5/c21-13-4-2-1-3-12(13)9-19-20-17(23)16(22)18-8-11-5-6-14-15(7-11)25-10-24-14/h1-7,9,21H,8,10H2,(H,18,22)(H,20,23)/b19-9+. The number of ether oxygens (including phenoxy) is 2. The van der Waals surface area contributed by atoms with Crippen LogP contribution in [0.5, 0.6) is 17.2 Å². The number of aromatic hydroxyl groups is 1. The van der Waals surface area contributed by atoms with Crippen molar-refractivity contribution >= 4 is 18.0 Å². The number of carbonyl (C=O) groups is 2. The second-order valence-electron chi connectivity index (χ2n) is 5.13. The van der Waals surface area contributed by atoms with E-state index in [2.05, 4.69) is 15.8 Å². The van der Waals surface area contributed by atoms with Gasteiger partial charge in [-0.05, 0) is 29.8 Å². The van der Waals surface area contributed by atoms with Gasteiger partial charge in [-0.3, -0.25) is 9.59 Å². The van der Waals surface area contributed by atoms with Gasteiger partial charge >= 0.3 is 11.8 Å². The molecular weight excluding hydrogens is 326 g/mol. The fourth-order valence-electron chi connectivity index (χ4n) is 2.12. The Morgan fingerprint density at radius 2 is 1.92 bits per heavy atom. The summed E-state index contributed by atoms with van der Waals surface area (Å²) in [6.45, 7) is 0.328. The van der Waals surface area contributed by atoms with Crippen LogP contribution in [0, 0.1) is 0 Å². The Balaban J connectivity index is 1.49. The van der Waals surface area contributed by atoms with Gasteiger partial charge in [-0.1, -0.05) is 18.2 Å². The number of phenols is 1. The molecule has 1 heterocycles. The first-order chi connectivity index (χ1) is 12.1. The molecule has 2 aromatic carbocycles. The summed E-state index contributed by atoms with van der Waals surface area (Å²) in [6.07, 6.45) is 1.25. The highest BCUT2D eigenvalue weighted by Gasteiger charge is 2.15. The molecule has 0 aliphatic carbocycles. The first kappa shape index (κ1) is 16.3. The largest absolute Gasteiger partial charge is 0.507 e. The molecule has 0 fully saturated rings. The van der Waals surface area contributed by atoms with E-state index in [1.165, 1.54) is 12.3 Å². The molecule has 0 bridgehead atoms. The van der Waals surface area contributed by atoms with Crippen molar-refractivity contribution in [3.05, 3.63) is 53.6 Å². The molecular formula is C17H15N3O5. The number of fused-ring (bicyclic) bond motifs is 1. The lowest BCUT2D eigenvalue weighted by Gasteiger charge is -2.05. The normalized spacial score (nSPS) is 12.2. The average Bonchev–Trinajstić information content (AvgIpc) is 3.09. The van der Waals surface area contributed by atoms with Crippen molar-refractivity contribution in [1.29, 1.82) is 0 Å². The molecule has 2 amide bonds. The highest BCUT2D eigenvalue weighted by Crippen LogP contribution is 2.32. The molecule has 8 heteroatoms. The smallest absolute Gasteiger partial charge is 0.329 e. The zero-order valence-electron chi connectivity index (χ0n) is 13.1. The Kier molecular flexibility index (Phi) is 4.79. The number of hydrogen-bond acceptors (Lipinski definition) is 6. The molecule has 3 rings (SSSR count). The number of carbonyl (C=O) groups excluding carboxylic acids is 2. The maximum Gasteiger partial charge on any atom is 0.329 e. The molecule has 0 unspecified atom stereocenters. The number of hydrogen-bond donors (Lipinski definition) is 3. The first-order valence-corrected chi connectivity index (χ1v) is 7.41. The van der Waals surface area contributed by atoms with Crippen LogP contribution in [-0.2, 0) is 16.1 Å². The quantitative estimate of drug-likeness (QED) is 0.435. The third kappa shape index (κ3) is 4.05. The SMILES string of the molecule is O=C(NCc1ccc2c(c1)OCO2)C(=O)N/N=C/c1ccccc1O. The van der Waals surface area contributed by atoms with Crippen LogP contribution >= 0.6 is 0 Å². The van der Waals surface area contributed by atoms with Crippen LogP contribution in [0.4, 0.5) is 0 Å². The summed E-state index contributed by atoms with van der Waals surface area (Å²) < 4.78 is 10.4. The summed E-state index contributed by atoms with van der Waals surface area (Å²) in [5, 5.41) is 15.7. The summed E-state index contributed by atoms with van der Waals surface area (Å²) in [5.41, 5.74) is 3.29. The zero-order valence-corrected chi connectivity index (χ0v) is 13.1. The zero-order chi connectivity index (χ0) is 17.6. The van der Waals surface area contributed by atoms with Gasteiger partial charge < -0.3 is 19.9 Å². The summed E-state index contributed by atoms with van der Waals surface area (Å²) in [6, 6.07) is 11.7. The van der Waals surface area contributed by atoms with Crippen molar-refractivity contribution in [3.63, 3.8) is 0 Å². The van der Waals surface area contributed by atoms with Crippen LogP contribution in [0.25, 0.3) is 0 Å². The Labute approximate surface area is 143 Å². The Morgan fingerprint density at radius 1 is 1.12 bits per heavy atom. The van der Waals surface area contributed by atoms with Crippen molar-refractivity contribution in [2.75, 3.05) is 6.79 Å². The molecule has 128 valence electrons. The van der Waals surface area contributed by atoms with Crippen LogP contribution in [0.3, 0.4) is 0 Å². The van der Waals surface area contributed by atoms with Gasteiger partial charge in [-0.15, -0.1) is 0 Å². The maximum absolute atomic E-state index is 11.8. The topological polar surface area (TPSA) is 109 Å². The lowest BCUT2D eigenvalue weighted by molar-refractivity contribution is -0.139. The van der Waals surface area contributed by atoms with Gasteiger partial charge in [0.2, 0.25) is 6.79 Å². The number of hydrazone groups is 1. The predicted molar refractivity (Wildman–Crippen MR) is 88.3 cm³/mol. The summed E-state index contributed by atoms with van der Waals surface area (Å²) in [4.78, 5) is 23.4. The van der Waals surface area contributed by atoms with E-state index in [9.17, 15) is 14.7 Å². The molecule has 3 N–H and O–H groups in total. The molecule has 0 radical (unpaired) electrons. The fraction of sp³-hybridized carbons (Fsp3) is 0.118. The van der Waals surface area contributed by atoms with Crippen molar-refractivity contribution in [3.8, 4) is 17.2 Å². The molecule has 8 nitrogen and oxygen atoms in total. The lowest BCUT2D eigenvalue weighted by atomic mass is 10.2. The number of phenolic OH excluding ortho intramolecular Hbond substituents is 1.